The van der Waals surface area contributed by atoms with Crippen LogP contribution in [0.25, 0.3) is 0 Å². The Morgan fingerprint density at radius 2 is 1.87 bits per heavy atom. The van der Waals surface area contributed by atoms with Crippen molar-refractivity contribution in [3.05, 3.63) is 56.5 Å². The molecule has 1 aliphatic heterocycles. The summed E-state index contributed by atoms with van der Waals surface area (Å²) in [5.74, 6) is 0.795. The van der Waals surface area contributed by atoms with Crippen molar-refractivity contribution >= 4 is 40.7 Å². The molecule has 4 nitrogen and oxygen atoms in total. The molecular formula is C16H12Cl3NO3. The minimum Gasteiger partial charge on any atom is -0.486 e. The normalized spacial score (nSPS) is 12.8. The fraction of sp³-hybridized carbons (Fsp3) is 0.188. The lowest BCUT2D eigenvalue weighted by atomic mass is 10.1. The molecule has 3 rings (SSSR count). The van der Waals surface area contributed by atoms with Crippen molar-refractivity contribution in [1.29, 1.82) is 0 Å². The Morgan fingerprint density at radius 3 is 2.70 bits per heavy atom. The van der Waals surface area contributed by atoms with E-state index < -0.39 is 0 Å². The van der Waals surface area contributed by atoms with E-state index in [1.54, 1.807) is 30.3 Å². The summed E-state index contributed by atoms with van der Waals surface area (Å²) in [6.45, 7) is 1.21. The first-order valence-electron chi connectivity index (χ1n) is 6.86. The van der Waals surface area contributed by atoms with Crippen LogP contribution in [0.1, 0.15) is 15.9 Å². The highest BCUT2D eigenvalue weighted by Gasteiger charge is 2.17. The van der Waals surface area contributed by atoms with Crippen LogP contribution in [0.2, 0.25) is 15.1 Å². The molecule has 0 bridgehead atoms. The van der Waals surface area contributed by atoms with Crippen molar-refractivity contribution in [3.8, 4) is 11.5 Å². The van der Waals surface area contributed by atoms with E-state index in [4.69, 9.17) is 44.3 Å². The molecule has 0 saturated carbocycles. The first kappa shape index (κ1) is 16.2. The van der Waals surface area contributed by atoms with Crippen LogP contribution in [0.3, 0.4) is 0 Å². The highest BCUT2D eigenvalue weighted by atomic mass is 35.5. The molecule has 0 aromatic heterocycles. The smallest absolute Gasteiger partial charge is 0.253 e. The topological polar surface area (TPSA) is 47.6 Å². The van der Waals surface area contributed by atoms with Gasteiger partial charge in [0.1, 0.15) is 13.2 Å². The third-order valence-corrected chi connectivity index (χ3v) is 4.41. The van der Waals surface area contributed by atoms with E-state index in [1.165, 1.54) is 0 Å². The highest BCUT2D eigenvalue weighted by molar-refractivity contribution is 6.43. The number of carbonyl (C=O) groups excluding carboxylic acids is 1. The molecule has 0 aliphatic carbocycles. The van der Waals surface area contributed by atoms with Gasteiger partial charge in [0.2, 0.25) is 0 Å². The quantitative estimate of drug-likeness (QED) is 0.871. The fourth-order valence-corrected chi connectivity index (χ4v) is 2.90. The zero-order valence-electron chi connectivity index (χ0n) is 11.9. The minimum absolute atomic E-state index is 0.229. The number of rotatable bonds is 3. The molecule has 23 heavy (non-hydrogen) atoms. The van der Waals surface area contributed by atoms with Gasteiger partial charge in [0, 0.05) is 6.54 Å². The summed E-state index contributed by atoms with van der Waals surface area (Å²) in [6, 6.07) is 8.43. The lowest BCUT2D eigenvalue weighted by Crippen LogP contribution is -2.23. The molecule has 7 heteroatoms. The van der Waals surface area contributed by atoms with Crippen molar-refractivity contribution < 1.29 is 14.3 Å². The standard InChI is InChI=1S/C16H12Cl3NO3/c17-11-3-1-2-10(14(11)19)16(21)20-8-9-6-12(18)15-13(7-9)22-4-5-23-15/h1-3,6-7H,4-5,8H2,(H,20,21). The second-order valence-electron chi connectivity index (χ2n) is 4.89. The van der Waals surface area contributed by atoms with Crippen LogP contribution in [0.15, 0.2) is 30.3 Å². The third-order valence-electron chi connectivity index (χ3n) is 3.31. The Morgan fingerprint density at radius 1 is 1.09 bits per heavy atom. The van der Waals surface area contributed by atoms with E-state index in [-0.39, 0.29) is 17.5 Å². The number of benzene rings is 2. The number of carbonyl (C=O) groups is 1. The van der Waals surface area contributed by atoms with E-state index in [0.29, 0.717) is 40.3 Å². The van der Waals surface area contributed by atoms with Gasteiger partial charge < -0.3 is 14.8 Å². The van der Waals surface area contributed by atoms with Gasteiger partial charge in [-0.1, -0.05) is 40.9 Å². The molecule has 0 atom stereocenters. The van der Waals surface area contributed by atoms with Crippen LogP contribution >= 0.6 is 34.8 Å². The van der Waals surface area contributed by atoms with Crippen LogP contribution < -0.4 is 14.8 Å². The van der Waals surface area contributed by atoms with E-state index in [9.17, 15) is 4.79 Å². The van der Waals surface area contributed by atoms with Gasteiger partial charge in [0.15, 0.2) is 11.5 Å². The molecule has 1 amide bonds. The van der Waals surface area contributed by atoms with Gasteiger partial charge in [-0.3, -0.25) is 4.79 Å². The number of ether oxygens (including phenoxy) is 2. The maximum absolute atomic E-state index is 12.2. The molecule has 1 N–H and O–H groups in total. The molecule has 0 unspecified atom stereocenters. The Bertz CT molecular complexity index is 764. The third kappa shape index (κ3) is 3.50. The zero-order valence-corrected chi connectivity index (χ0v) is 14.1. The predicted molar refractivity (Wildman–Crippen MR) is 90.1 cm³/mol. The molecule has 0 radical (unpaired) electrons. The van der Waals surface area contributed by atoms with Crippen molar-refractivity contribution in [2.45, 2.75) is 6.54 Å². The molecule has 120 valence electrons. The number of nitrogens with one attached hydrogen (secondary N) is 1. The van der Waals surface area contributed by atoms with E-state index in [0.717, 1.165) is 5.56 Å². The van der Waals surface area contributed by atoms with Crippen LogP contribution in [0.4, 0.5) is 0 Å². The van der Waals surface area contributed by atoms with Crippen molar-refractivity contribution in [1.82, 2.24) is 5.32 Å². The summed E-state index contributed by atoms with van der Waals surface area (Å²) >= 11 is 18.1. The van der Waals surface area contributed by atoms with Gasteiger partial charge in [-0.15, -0.1) is 0 Å². The molecule has 1 aliphatic rings. The van der Waals surface area contributed by atoms with Crippen LogP contribution in [-0.2, 0) is 6.54 Å². The molecule has 0 saturated heterocycles. The minimum atomic E-state index is -0.316. The molecule has 2 aromatic rings. The Kier molecular flexibility index (Phi) is 4.85. The van der Waals surface area contributed by atoms with Gasteiger partial charge >= 0.3 is 0 Å². The Balaban J connectivity index is 1.74. The predicted octanol–water partition coefficient (Wildman–Crippen LogP) is 4.35. The first-order chi connectivity index (χ1) is 11.1. The number of amides is 1. The van der Waals surface area contributed by atoms with E-state index in [2.05, 4.69) is 5.32 Å². The van der Waals surface area contributed by atoms with Gasteiger partial charge in [0.25, 0.3) is 5.91 Å². The molecule has 0 spiro atoms. The molecule has 2 aromatic carbocycles. The molecular weight excluding hydrogens is 361 g/mol. The summed E-state index contributed by atoms with van der Waals surface area (Å²) < 4.78 is 11.0. The van der Waals surface area contributed by atoms with E-state index in [1.807, 2.05) is 0 Å². The van der Waals surface area contributed by atoms with Crippen molar-refractivity contribution in [2.24, 2.45) is 0 Å². The van der Waals surface area contributed by atoms with E-state index >= 15 is 0 Å². The van der Waals surface area contributed by atoms with Crippen LogP contribution in [0.5, 0.6) is 11.5 Å². The zero-order chi connectivity index (χ0) is 16.4. The number of fused-ring (bicyclic) bond motifs is 1. The van der Waals surface area contributed by atoms with Gasteiger partial charge in [-0.2, -0.15) is 0 Å². The fourth-order valence-electron chi connectivity index (χ4n) is 2.22. The Hall–Kier alpha value is -1.62. The summed E-state index contributed by atoms with van der Waals surface area (Å²) in [6.07, 6.45) is 0. The van der Waals surface area contributed by atoms with Crippen LogP contribution in [-0.4, -0.2) is 19.1 Å². The summed E-state index contributed by atoms with van der Waals surface area (Å²) in [5, 5.41) is 3.79. The Labute approximate surface area is 148 Å². The summed E-state index contributed by atoms with van der Waals surface area (Å²) in [7, 11) is 0. The maximum atomic E-state index is 12.2. The monoisotopic (exact) mass is 371 g/mol. The highest BCUT2D eigenvalue weighted by Crippen LogP contribution is 2.38. The summed E-state index contributed by atoms with van der Waals surface area (Å²) in [5.41, 5.74) is 1.12. The van der Waals surface area contributed by atoms with Crippen molar-refractivity contribution in [2.75, 3.05) is 13.2 Å². The lowest BCUT2D eigenvalue weighted by molar-refractivity contribution is 0.0951. The van der Waals surface area contributed by atoms with Crippen molar-refractivity contribution in [3.63, 3.8) is 0 Å². The second kappa shape index (κ2) is 6.87. The maximum Gasteiger partial charge on any atom is 0.253 e. The lowest BCUT2D eigenvalue weighted by Gasteiger charge is -2.20. The van der Waals surface area contributed by atoms with Gasteiger partial charge in [0.05, 0.1) is 20.6 Å². The number of hydrogen-bond acceptors (Lipinski definition) is 3. The average Bonchev–Trinajstić information content (AvgIpc) is 2.55. The second-order valence-corrected chi connectivity index (χ2v) is 6.08. The molecule has 1 heterocycles. The molecule has 0 fully saturated rings. The SMILES string of the molecule is O=C(NCc1cc(Cl)c2c(c1)OCCO2)c1cccc(Cl)c1Cl. The largest absolute Gasteiger partial charge is 0.486 e. The van der Waals surface area contributed by atoms with Crippen LogP contribution in [0, 0.1) is 0 Å². The van der Waals surface area contributed by atoms with Gasteiger partial charge in [-0.25, -0.2) is 0 Å². The summed E-state index contributed by atoms with van der Waals surface area (Å²) in [4.78, 5) is 12.2. The number of halogens is 3. The average molecular weight is 373 g/mol. The van der Waals surface area contributed by atoms with Gasteiger partial charge in [-0.05, 0) is 29.8 Å². The first-order valence-corrected chi connectivity index (χ1v) is 8.00. The number of hydrogen-bond donors (Lipinski definition) is 1.